The van der Waals surface area contributed by atoms with Crippen LogP contribution in [0.15, 0.2) is 30.6 Å². The Bertz CT molecular complexity index is 648. The number of amides is 1. The Morgan fingerprint density at radius 1 is 1.29 bits per heavy atom. The number of carbonyl (C=O) groups is 1. The Kier molecular flexibility index (Phi) is 5.56. The van der Waals surface area contributed by atoms with Gasteiger partial charge in [-0.1, -0.05) is 30.5 Å². The highest BCUT2D eigenvalue weighted by molar-refractivity contribution is 5.91. The van der Waals surface area contributed by atoms with E-state index in [2.05, 4.69) is 15.3 Å². The molecule has 6 nitrogen and oxygen atoms in total. The van der Waals surface area contributed by atoms with Gasteiger partial charge in [-0.05, 0) is 30.9 Å². The molecule has 0 bridgehead atoms. The van der Waals surface area contributed by atoms with Crippen molar-refractivity contribution in [3.8, 4) is 0 Å². The number of hydrogen-bond donors (Lipinski definition) is 0. The van der Waals surface area contributed by atoms with Crippen LogP contribution in [0.1, 0.15) is 48.3 Å². The molecular weight excluding hydrogens is 302 g/mol. The van der Waals surface area contributed by atoms with Crippen LogP contribution in [0.4, 0.5) is 0 Å². The van der Waals surface area contributed by atoms with Gasteiger partial charge < -0.3 is 4.90 Å². The van der Waals surface area contributed by atoms with Crippen LogP contribution in [0.3, 0.4) is 0 Å². The van der Waals surface area contributed by atoms with E-state index in [0.29, 0.717) is 18.2 Å². The molecule has 0 aliphatic heterocycles. The van der Waals surface area contributed by atoms with Crippen molar-refractivity contribution < 1.29 is 4.79 Å². The molecular formula is C18H25N5O. The van der Waals surface area contributed by atoms with Gasteiger partial charge in [-0.25, -0.2) is 0 Å². The zero-order valence-electron chi connectivity index (χ0n) is 14.3. The average molecular weight is 327 g/mol. The third kappa shape index (κ3) is 4.40. The van der Waals surface area contributed by atoms with E-state index in [1.54, 1.807) is 24.3 Å². The van der Waals surface area contributed by atoms with Gasteiger partial charge in [-0.3, -0.25) is 14.5 Å². The average Bonchev–Trinajstić information content (AvgIpc) is 3.09. The minimum atomic E-state index is -0.0826. The van der Waals surface area contributed by atoms with E-state index >= 15 is 0 Å². The normalized spacial score (nSPS) is 15.4. The molecule has 1 amide bonds. The fourth-order valence-electron chi connectivity index (χ4n) is 3.25. The highest BCUT2D eigenvalue weighted by Gasteiger charge is 2.18. The molecule has 1 aliphatic rings. The van der Waals surface area contributed by atoms with E-state index in [9.17, 15) is 4.79 Å². The van der Waals surface area contributed by atoms with Crippen LogP contribution in [-0.2, 0) is 13.0 Å². The molecule has 1 saturated carbocycles. The van der Waals surface area contributed by atoms with E-state index in [-0.39, 0.29) is 5.91 Å². The van der Waals surface area contributed by atoms with Crippen molar-refractivity contribution in [1.82, 2.24) is 24.9 Å². The molecule has 0 N–H and O–H groups in total. The lowest BCUT2D eigenvalue weighted by Gasteiger charge is -2.20. The molecule has 2 heterocycles. The summed E-state index contributed by atoms with van der Waals surface area (Å²) in [5.41, 5.74) is 1.41. The fraction of sp³-hybridized carbons (Fsp3) is 0.556. The molecule has 2 aromatic heterocycles. The SMILES string of the molecule is CN(CCc1ccccn1)C(=O)c1cn(CC2CCCCC2)nn1. The molecule has 0 aromatic carbocycles. The van der Waals surface area contributed by atoms with Crippen molar-refractivity contribution in [2.45, 2.75) is 45.1 Å². The molecule has 6 heteroatoms. The summed E-state index contributed by atoms with van der Waals surface area (Å²) in [7, 11) is 1.80. The number of rotatable bonds is 6. The lowest BCUT2D eigenvalue weighted by molar-refractivity contribution is 0.0790. The van der Waals surface area contributed by atoms with Gasteiger partial charge in [0.25, 0.3) is 5.91 Å². The lowest BCUT2D eigenvalue weighted by atomic mass is 9.89. The molecule has 0 spiro atoms. The molecule has 0 radical (unpaired) electrons. The maximum atomic E-state index is 12.5. The first-order chi connectivity index (χ1) is 11.7. The second-order valence-electron chi connectivity index (χ2n) is 6.63. The van der Waals surface area contributed by atoms with Gasteiger partial charge in [0.2, 0.25) is 0 Å². The Morgan fingerprint density at radius 2 is 2.12 bits per heavy atom. The quantitative estimate of drug-likeness (QED) is 0.818. The number of likely N-dealkylation sites (N-methyl/N-ethyl adjacent to an activating group) is 1. The lowest BCUT2D eigenvalue weighted by Crippen LogP contribution is -2.29. The van der Waals surface area contributed by atoms with Crippen molar-refractivity contribution >= 4 is 5.91 Å². The number of pyridine rings is 1. The first-order valence-electron chi connectivity index (χ1n) is 8.78. The van der Waals surface area contributed by atoms with E-state index in [1.165, 1.54) is 32.1 Å². The fourth-order valence-corrected chi connectivity index (χ4v) is 3.25. The Balaban J connectivity index is 1.52. The van der Waals surface area contributed by atoms with Crippen molar-refractivity contribution in [1.29, 1.82) is 0 Å². The molecule has 0 unspecified atom stereocenters. The van der Waals surface area contributed by atoms with Crippen LogP contribution < -0.4 is 0 Å². The van der Waals surface area contributed by atoms with Gasteiger partial charge in [-0.2, -0.15) is 0 Å². The number of carbonyl (C=O) groups excluding carboxylic acids is 1. The van der Waals surface area contributed by atoms with Crippen LogP contribution in [0.2, 0.25) is 0 Å². The van der Waals surface area contributed by atoms with E-state index < -0.39 is 0 Å². The minimum Gasteiger partial charge on any atom is -0.340 e. The summed E-state index contributed by atoms with van der Waals surface area (Å²) in [5.74, 6) is 0.589. The van der Waals surface area contributed by atoms with E-state index in [0.717, 1.165) is 18.7 Å². The Hall–Kier alpha value is -2.24. The Morgan fingerprint density at radius 3 is 2.88 bits per heavy atom. The zero-order chi connectivity index (χ0) is 16.8. The van der Waals surface area contributed by atoms with Gasteiger partial charge in [0, 0.05) is 38.4 Å². The molecule has 3 rings (SSSR count). The van der Waals surface area contributed by atoms with Crippen LogP contribution in [0.25, 0.3) is 0 Å². The molecule has 128 valence electrons. The van der Waals surface area contributed by atoms with Crippen molar-refractivity contribution in [3.05, 3.63) is 42.0 Å². The molecule has 1 aliphatic carbocycles. The summed E-state index contributed by atoms with van der Waals surface area (Å²) in [6, 6.07) is 5.82. The number of aromatic nitrogens is 4. The highest BCUT2D eigenvalue weighted by Crippen LogP contribution is 2.24. The topological polar surface area (TPSA) is 63.9 Å². The molecule has 2 aromatic rings. The highest BCUT2D eigenvalue weighted by atomic mass is 16.2. The number of nitrogens with zero attached hydrogens (tertiary/aromatic N) is 5. The smallest absolute Gasteiger partial charge is 0.275 e. The monoisotopic (exact) mass is 327 g/mol. The first kappa shape index (κ1) is 16.6. The number of hydrogen-bond acceptors (Lipinski definition) is 4. The summed E-state index contributed by atoms with van der Waals surface area (Å²) >= 11 is 0. The van der Waals surface area contributed by atoms with Crippen LogP contribution in [0, 0.1) is 5.92 Å². The molecule has 1 fully saturated rings. The predicted octanol–water partition coefficient (Wildman–Crippen LogP) is 2.57. The Labute approximate surface area is 142 Å². The van der Waals surface area contributed by atoms with Crippen LogP contribution >= 0.6 is 0 Å². The van der Waals surface area contributed by atoms with Gasteiger partial charge in [0.1, 0.15) is 0 Å². The van der Waals surface area contributed by atoms with Gasteiger partial charge in [-0.15, -0.1) is 5.10 Å². The third-order valence-corrected chi connectivity index (χ3v) is 4.70. The molecule has 0 atom stereocenters. The summed E-state index contributed by atoms with van der Waals surface area (Å²) in [6.45, 7) is 1.49. The molecule has 24 heavy (non-hydrogen) atoms. The second-order valence-corrected chi connectivity index (χ2v) is 6.63. The largest absolute Gasteiger partial charge is 0.340 e. The second kappa shape index (κ2) is 8.04. The van der Waals surface area contributed by atoms with E-state index in [4.69, 9.17) is 0 Å². The van der Waals surface area contributed by atoms with Crippen molar-refractivity contribution in [2.24, 2.45) is 5.92 Å². The standard InChI is InChI=1S/C18H25N5O/c1-22(12-10-16-9-5-6-11-19-16)18(24)17-14-23(21-20-17)13-15-7-3-2-4-8-15/h5-6,9,11,14-15H,2-4,7-8,10,12-13H2,1H3. The maximum absolute atomic E-state index is 12.5. The van der Waals surface area contributed by atoms with Gasteiger partial charge >= 0.3 is 0 Å². The third-order valence-electron chi connectivity index (χ3n) is 4.70. The minimum absolute atomic E-state index is 0.0826. The summed E-state index contributed by atoms with van der Waals surface area (Å²) in [4.78, 5) is 18.4. The first-order valence-corrected chi connectivity index (χ1v) is 8.78. The van der Waals surface area contributed by atoms with Crippen molar-refractivity contribution in [3.63, 3.8) is 0 Å². The van der Waals surface area contributed by atoms with Crippen LogP contribution in [-0.4, -0.2) is 44.4 Å². The zero-order valence-corrected chi connectivity index (χ0v) is 14.3. The molecule has 0 saturated heterocycles. The van der Waals surface area contributed by atoms with Crippen molar-refractivity contribution in [2.75, 3.05) is 13.6 Å². The summed E-state index contributed by atoms with van der Waals surface area (Å²) in [6.07, 6.45) is 10.8. The van der Waals surface area contributed by atoms with Gasteiger partial charge in [0.15, 0.2) is 5.69 Å². The summed E-state index contributed by atoms with van der Waals surface area (Å²) in [5, 5.41) is 8.20. The van der Waals surface area contributed by atoms with Gasteiger partial charge in [0.05, 0.1) is 6.20 Å². The maximum Gasteiger partial charge on any atom is 0.275 e. The summed E-state index contributed by atoms with van der Waals surface area (Å²) < 4.78 is 1.83. The van der Waals surface area contributed by atoms with Crippen LogP contribution in [0.5, 0.6) is 0 Å². The van der Waals surface area contributed by atoms with E-state index in [1.807, 2.05) is 22.9 Å². The predicted molar refractivity (Wildman–Crippen MR) is 91.5 cm³/mol.